The molecule has 0 saturated heterocycles. The molecule has 0 saturated carbocycles. The van der Waals surface area contributed by atoms with Gasteiger partial charge in [-0.3, -0.25) is 4.79 Å². The number of hydrogen-bond donors (Lipinski definition) is 2. The van der Waals surface area contributed by atoms with Gasteiger partial charge in [-0.2, -0.15) is 0 Å². The van der Waals surface area contributed by atoms with Gasteiger partial charge in [-0.25, -0.2) is 9.37 Å². The lowest BCUT2D eigenvalue weighted by Crippen LogP contribution is -2.26. The Morgan fingerprint density at radius 1 is 1.21 bits per heavy atom. The highest BCUT2D eigenvalue weighted by atomic mass is 19.1. The first-order chi connectivity index (χ1) is 13.5. The second-order valence-electron chi connectivity index (χ2n) is 5.97. The van der Waals surface area contributed by atoms with E-state index in [0.29, 0.717) is 22.9 Å². The van der Waals surface area contributed by atoms with E-state index in [1.54, 1.807) is 0 Å². The summed E-state index contributed by atoms with van der Waals surface area (Å²) in [6.07, 6.45) is 2.20. The molecule has 3 rings (SSSR count). The molecule has 0 atom stereocenters. The van der Waals surface area contributed by atoms with Gasteiger partial charge in [0.15, 0.2) is 5.69 Å². The maximum atomic E-state index is 14.8. The van der Waals surface area contributed by atoms with Crippen molar-refractivity contribution in [3.05, 3.63) is 35.9 Å². The van der Waals surface area contributed by atoms with E-state index in [-0.39, 0.29) is 34.6 Å². The van der Waals surface area contributed by atoms with Gasteiger partial charge >= 0.3 is 0 Å². The summed E-state index contributed by atoms with van der Waals surface area (Å²) < 4.78 is 25.1. The Bertz CT molecular complexity index is 1040. The zero-order valence-electron chi connectivity index (χ0n) is 15.7. The van der Waals surface area contributed by atoms with Crippen LogP contribution in [0.15, 0.2) is 24.4 Å². The monoisotopic (exact) mass is 385 g/mol. The maximum absolute atomic E-state index is 14.8. The van der Waals surface area contributed by atoms with E-state index in [2.05, 4.69) is 20.5 Å². The van der Waals surface area contributed by atoms with Gasteiger partial charge in [-0.15, -0.1) is 10.2 Å². The van der Waals surface area contributed by atoms with E-state index in [1.165, 1.54) is 38.6 Å². The van der Waals surface area contributed by atoms with Crippen LogP contribution in [0.25, 0.3) is 21.9 Å². The van der Waals surface area contributed by atoms with Gasteiger partial charge in [0.2, 0.25) is 11.8 Å². The van der Waals surface area contributed by atoms with Crippen molar-refractivity contribution in [1.29, 1.82) is 0 Å². The van der Waals surface area contributed by atoms with Crippen molar-refractivity contribution in [2.24, 2.45) is 0 Å². The smallest absolute Gasteiger partial charge is 0.272 e. The molecule has 1 amide bonds. The van der Waals surface area contributed by atoms with E-state index in [4.69, 9.17) is 15.2 Å². The number of pyridine rings is 1. The number of carbonyl (C=O) groups is 1. The number of ether oxygens (including phenoxy) is 2. The molecule has 0 fully saturated rings. The van der Waals surface area contributed by atoms with Gasteiger partial charge in [0, 0.05) is 35.1 Å². The topological polar surface area (TPSA) is 112 Å². The Morgan fingerprint density at radius 3 is 2.68 bits per heavy atom. The number of fused-ring (bicyclic) bond motifs is 1. The van der Waals surface area contributed by atoms with Gasteiger partial charge in [-0.1, -0.05) is 6.92 Å². The number of rotatable bonds is 6. The second-order valence-corrected chi connectivity index (χ2v) is 5.97. The number of halogens is 1. The molecule has 3 N–H and O–H groups in total. The van der Waals surface area contributed by atoms with Crippen molar-refractivity contribution in [3.8, 4) is 22.9 Å². The van der Waals surface area contributed by atoms with Crippen LogP contribution in [0.5, 0.6) is 11.8 Å². The number of nitrogens with one attached hydrogen (secondary N) is 1. The maximum Gasteiger partial charge on any atom is 0.272 e. The number of nitrogen functional groups attached to an aromatic ring is 1. The number of nitrogens with zero attached hydrogens (tertiary/aromatic N) is 3. The minimum Gasteiger partial charge on any atom is -0.480 e. The molecule has 2 heterocycles. The van der Waals surface area contributed by atoms with Crippen molar-refractivity contribution < 1.29 is 18.7 Å². The van der Waals surface area contributed by atoms with Crippen molar-refractivity contribution in [2.45, 2.75) is 13.3 Å². The molecular weight excluding hydrogens is 365 g/mol. The zero-order chi connectivity index (χ0) is 20.3. The molecule has 0 bridgehead atoms. The van der Waals surface area contributed by atoms with E-state index in [1.807, 2.05) is 6.92 Å². The summed E-state index contributed by atoms with van der Waals surface area (Å²) in [5, 5.41) is 11.4. The molecule has 0 unspecified atom stereocenters. The summed E-state index contributed by atoms with van der Waals surface area (Å²) in [5.41, 5.74) is 6.96. The number of carbonyl (C=O) groups excluding carboxylic acids is 1. The number of aromatic nitrogens is 3. The van der Waals surface area contributed by atoms with Crippen LogP contribution in [0.3, 0.4) is 0 Å². The normalized spacial score (nSPS) is 10.7. The van der Waals surface area contributed by atoms with Gasteiger partial charge in [0.05, 0.1) is 25.5 Å². The van der Waals surface area contributed by atoms with Crippen molar-refractivity contribution in [1.82, 2.24) is 20.5 Å². The zero-order valence-corrected chi connectivity index (χ0v) is 15.7. The standard InChI is InChI=1S/C19H20FN5O3/c1-4-7-22-18(26)17-16(21)10-5-6-13(20)15(12(10)9-23-17)11-8-14(27-2)24-25-19(11)28-3/h5-6,8-9H,4,7,21H2,1-3H3,(H,22,26). The van der Waals surface area contributed by atoms with E-state index < -0.39 is 5.82 Å². The van der Waals surface area contributed by atoms with Crippen LogP contribution >= 0.6 is 0 Å². The van der Waals surface area contributed by atoms with E-state index >= 15 is 0 Å². The Morgan fingerprint density at radius 2 is 2.00 bits per heavy atom. The molecule has 0 aliphatic rings. The second kappa shape index (κ2) is 8.03. The van der Waals surface area contributed by atoms with Crippen LogP contribution < -0.4 is 20.5 Å². The van der Waals surface area contributed by atoms with Crippen LogP contribution in [-0.4, -0.2) is 41.9 Å². The molecule has 1 aromatic carbocycles. The summed E-state index contributed by atoms with van der Waals surface area (Å²) in [4.78, 5) is 16.5. The SMILES string of the molecule is CCCNC(=O)c1ncc2c(-c3cc(OC)nnc3OC)c(F)ccc2c1N. The average molecular weight is 385 g/mol. The summed E-state index contributed by atoms with van der Waals surface area (Å²) in [5.74, 6) is -0.582. The van der Waals surface area contributed by atoms with E-state index in [0.717, 1.165) is 6.42 Å². The Balaban J connectivity index is 2.24. The number of methoxy groups -OCH3 is 2. The molecule has 2 aromatic heterocycles. The van der Waals surface area contributed by atoms with Gasteiger partial charge in [0.25, 0.3) is 5.91 Å². The van der Waals surface area contributed by atoms with Gasteiger partial charge in [0.1, 0.15) is 5.82 Å². The Kier molecular flexibility index (Phi) is 5.53. The van der Waals surface area contributed by atoms with Crippen LogP contribution in [-0.2, 0) is 0 Å². The van der Waals surface area contributed by atoms with Crippen LogP contribution in [0, 0.1) is 5.82 Å². The number of hydrogen-bond acceptors (Lipinski definition) is 7. The third kappa shape index (κ3) is 3.38. The van der Waals surface area contributed by atoms with Gasteiger partial charge in [-0.05, 0) is 18.6 Å². The molecule has 9 heteroatoms. The molecule has 28 heavy (non-hydrogen) atoms. The summed E-state index contributed by atoms with van der Waals surface area (Å²) >= 11 is 0. The lowest BCUT2D eigenvalue weighted by molar-refractivity contribution is 0.0950. The first-order valence-electron chi connectivity index (χ1n) is 8.62. The largest absolute Gasteiger partial charge is 0.480 e. The minimum atomic E-state index is -0.523. The lowest BCUT2D eigenvalue weighted by atomic mass is 9.98. The number of nitrogens with two attached hydrogens (primary N) is 1. The van der Waals surface area contributed by atoms with Crippen molar-refractivity contribution >= 4 is 22.4 Å². The first-order valence-corrected chi connectivity index (χ1v) is 8.62. The van der Waals surface area contributed by atoms with Crippen LogP contribution in [0.1, 0.15) is 23.8 Å². The first kappa shape index (κ1) is 19.3. The molecule has 0 spiro atoms. The molecule has 0 radical (unpaired) electrons. The number of benzene rings is 1. The highest BCUT2D eigenvalue weighted by Crippen LogP contribution is 2.38. The molecule has 0 aliphatic carbocycles. The molecule has 0 aliphatic heterocycles. The minimum absolute atomic E-state index is 0.0934. The highest BCUT2D eigenvalue weighted by Gasteiger charge is 2.21. The third-order valence-corrected chi connectivity index (χ3v) is 4.22. The molecular formula is C19H20FN5O3. The average Bonchev–Trinajstić information content (AvgIpc) is 2.71. The fraction of sp³-hybridized carbons (Fsp3) is 0.263. The fourth-order valence-corrected chi connectivity index (χ4v) is 2.86. The van der Waals surface area contributed by atoms with Gasteiger partial charge < -0.3 is 20.5 Å². The summed E-state index contributed by atoms with van der Waals surface area (Å²) in [7, 11) is 2.84. The number of anilines is 1. The third-order valence-electron chi connectivity index (χ3n) is 4.22. The number of amides is 1. The predicted octanol–water partition coefficient (Wildman–Crippen LogP) is 2.57. The molecule has 146 valence electrons. The van der Waals surface area contributed by atoms with Crippen LogP contribution in [0.4, 0.5) is 10.1 Å². The molecule has 3 aromatic rings. The van der Waals surface area contributed by atoms with E-state index in [9.17, 15) is 9.18 Å². The fourth-order valence-electron chi connectivity index (χ4n) is 2.86. The Hall–Kier alpha value is -3.49. The lowest BCUT2D eigenvalue weighted by Gasteiger charge is -2.14. The van der Waals surface area contributed by atoms with Crippen molar-refractivity contribution in [3.63, 3.8) is 0 Å². The van der Waals surface area contributed by atoms with Crippen LogP contribution in [0.2, 0.25) is 0 Å². The summed E-state index contributed by atoms with van der Waals surface area (Å²) in [6, 6.07) is 4.30. The summed E-state index contributed by atoms with van der Waals surface area (Å²) in [6.45, 7) is 2.45. The molecule has 8 nitrogen and oxygen atoms in total. The van der Waals surface area contributed by atoms with Crippen molar-refractivity contribution in [2.75, 3.05) is 26.5 Å². The predicted molar refractivity (Wildman–Crippen MR) is 103 cm³/mol. The quantitative estimate of drug-likeness (QED) is 0.670. The Labute approximate surface area is 160 Å². The highest BCUT2D eigenvalue weighted by molar-refractivity contribution is 6.09.